The molecule has 2 nitrogen and oxygen atoms in total. The average Bonchev–Trinajstić information content (AvgIpc) is 2.82. The van der Waals surface area contributed by atoms with E-state index in [1.54, 1.807) is 48.5 Å². The maximum absolute atomic E-state index is 12.8. The minimum atomic E-state index is -4.39. The number of carbonyl (C=O) groups excluding carboxylic acids is 1. The van der Waals surface area contributed by atoms with Crippen molar-refractivity contribution in [1.29, 1.82) is 0 Å². The monoisotopic (exact) mass is 381 g/mol. The Kier molecular flexibility index (Phi) is 4.02. The summed E-state index contributed by atoms with van der Waals surface area (Å²) in [5.41, 5.74) is 0.848. The molecule has 0 aliphatic rings. The van der Waals surface area contributed by atoms with Gasteiger partial charge in [0.1, 0.15) is 0 Å². The zero-order chi connectivity index (χ0) is 16.6. The van der Waals surface area contributed by atoms with Crippen LogP contribution in [-0.2, 0) is 6.42 Å². The first kappa shape index (κ1) is 15.8. The highest BCUT2D eigenvalue weighted by Gasteiger charge is 2.32. The third-order valence-electron chi connectivity index (χ3n) is 3.49. The summed E-state index contributed by atoms with van der Waals surface area (Å²) in [7, 11) is 0. The van der Waals surface area contributed by atoms with Gasteiger partial charge in [0.25, 0.3) is 0 Å². The van der Waals surface area contributed by atoms with Crippen molar-refractivity contribution in [2.24, 2.45) is 0 Å². The van der Waals surface area contributed by atoms with Gasteiger partial charge in [-0.15, -0.1) is 0 Å². The van der Waals surface area contributed by atoms with Gasteiger partial charge in [-0.2, -0.15) is 13.2 Å². The van der Waals surface area contributed by atoms with Crippen LogP contribution >= 0.6 is 15.9 Å². The SMILES string of the molecule is O=C(c1ccc(Br)cc1)c1c(CC(F)(F)F)[nH]c2ccccc12. The fourth-order valence-corrected chi connectivity index (χ4v) is 2.80. The van der Waals surface area contributed by atoms with E-state index in [1.807, 2.05) is 0 Å². The number of benzene rings is 2. The van der Waals surface area contributed by atoms with E-state index in [0.29, 0.717) is 16.5 Å². The van der Waals surface area contributed by atoms with Gasteiger partial charge in [-0.1, -0.05) is 34.1 Å². The molecular weight excluding hydrogens is 371 g/mol. The van der Waals surface area contributed by atoms with Crippen LogP contribution < -0.4 is 0 Å². The van der Waals surface area contributed by atoms with Crippen LogP contribution in [-0.4, -0.2) is 16.9 Å². The van der Waals surface area contributed by atoms with Crippen LogP contribution in [0.5, 0.6) is 0 Å². The summed E-state index contributed by atoms with van der Waals surface area (Å²) in [5.74, 6) is -0.422. The molecule has 1 aromatic heterocycles. The molecule has 23 heavy (non-hydrogen) atoms. The minimum Gasteiger partial charge on any atom is -0.357 e. The van der Waals surface area contributed by atoms with Crippen LogP contribution in [0.25, 0.3) is 10.9 Å². The molecule has 0 aliphatic carbocycles. The molecule has 0 spiro atoms. The summed E-state index contributed by atoms with van der Waals surface area (Å²) >= 11 is 3.27. The van der Waals surface area contributed by atoms with E-state index in [-0.39, 0.29) is 11.3 Å². The molecule has 0 radical (unpaired) electrons. The lowest BCUT2D eigenvalue weighted by molar-refractivity contribution is -0.127. The first-order valence-corrected chi connectivity index (χ1v) is 7.61. The van der Waals surface area contributed by atoms with Crippen molar-refractivity contribution in [3.63, 3.8) is 0 Å². The van der Waals surface area contributed by atoms with E-state index < -0.39 is 18.4 Å². The molecular formula is C17H11BrF3NO. The van der Waals surface area contributed by atoms with Crippen molar-refractivity contribution < 1.29 is 18.0 Å². The van der Waals surface area contributed by atoms with Crippen LogP contribution in [0, 0.1) is 0 Å². The number of carbonyl (C=O) groups is 1. The van der Waals surface area contributed by atoms with Gasteiger partial charge in [-0.25, -0.2) is 0 Å². The minimum absolute atomic E-state index is 0.0836. The number of halogens is 4. The molecule has 1 heterocycles. The molecule has 6 heteroatoms. The quantitative estimate of drug-likeness (QED) is 0.616. The second kappa shape index (κ2) is 5.85. The Balaban J connectivity index is 2.15. The number of ketones is 1. The Morgan fingerprint density at radius 1 is 1.04 bits per heavy atom. The van der Waals surface area contributed by atoms with E-state index in [1.165, 1.54) is 0 Å². The highest BCUT2D eigenvalue weighted by Crippen LogP contribution is 2.30. The number of fused-ring (bicyclic) bond motifs is 1. The van der Waals surface area contributed by atoms with Crippen LogP contribution in [0.1, 0.15) is 21.6 Å². The molecule has 0 saturated heterocycles. The zero-order valence-electron chi connectivity index (χ0n) is 11.7. The van der Waals surface area contributed by atoms with Gasteiger partial charge in [-0.05, 0) is 30.3 Å². The largest absolute Gasteiger partial charge is 0.394 e. The van der Waals surface area contributed by atoms with Crippen molar-refractivity contribution in [1.82, 2.24) is 4.98 Å². The standard InChI is InChI=1S/C17H11BrF3NO/c18-11-7-5-10(6-8-11)16(23)15-12-3-1-2-4-13(12)22-14(15)9-17(19,20)21/h1-8,22H,9H2. The lowest BCUT2D eigenvalue weighted by Crippen LogP contribution is -2.15. The molecule has 2 aromatic carbocycles. The summed E-state index contributed by atoms with van der Waals surface area (Å²) in [6.07, 6.45) is -5.56. The lowest BCUT2D eigenvalue weighted by Gasteiger charge is -2.08. The van der Waals surface area contributed by atoms with Gasteiger partial charge in [0.2, 0.25) is 0 Å². The number of H-pyrrole nitrogens is 1. The van der Waals surface area contributed by atoms with Crippen LogP contribution in [0.4, 0.5) is 13.2 Å². The molecule has 0 bridgehead atoms. The summed E-state index contributed by atoms with van der Waals surface area (Å²) < 4.78 is 39.3. The topological polar surface area (TPSA) is 32.9 Å². The van der Waals surface area contributed by atoms with Crippen molar-refractivity contribution in [2.75, 3.05) is 0 Å². The van der Waals surface area contributed by atoms with Crippen LogP contribution in [0.2, 0.25) is 0 Å². The number of para-hydroxylation sites is 1. The van der Waals surface area contributed by atoms with Crippen LogP contribution in [0.3, 0.4) is 0 Å². The Morgan fingerprint density at radius 3 is 2.35 bits per heavy atom. The van der Waals surface area contributed by atoms with E-state index in [4.69, 9.17) is 0 Å². The number of hydrogen-bond acceptors (Lipinski definition) is 1. The van der Waals surface area contributed by atoms with Crippen molar-refractivity contribution in [3.8, 4) is 0 Å². The lowest BCUT2D eigenvalue weighted by atomic mass is 9.99. The molecule has 118 valence electrons. The molecule has 0 fully saturated rings. The van der Waals surface area contributed by atoms with Gasteiger partial charge >= 0.3 is 6.18 Å². The summed E-state index contributed by atoms with van der Waals surface area (Å²) in [6.45, 7) is 0. The Hall–Kier alpha value is -2.08. The van der Waals surface area contributed by atoms with Crippen molar-refractivity contribution in [3.05, 3.63) is 69.8 Å². The van der Waals surface area contributed by atoms with Gasteiger partial charge < -0.3 is 4.98 Å². The molecule has 1 N–H and O–H groups in total. The first-order chi connectivity index (χ1) is 10.8. The number of rotatable bonds is 3. The fraction of sp³-hybridized carbons (Fsp3) is 0.118. The highest BCUT2D eigenvalue weighted by molar-refractivity contribution is 9.10. The Bertz CT molecular complexity index is 866. The fourth-order valence-electron chi connectivity index (χ4n) is 2.54. The van der Waals surface area contributed by atoms with Gasteiger partial charge in [-0.3, -0.25) is 4.79 Å². The normalized spacial score (nSPS) is 11.8. The molecule has 3 aromatic rings. The number of aromatic amines is 1. The van der Waals surface area contributed by atoms with E-state index in [2.05, 4.69) is 20.9 Å². The molecule has 0 atom stereocenters. The zero-order valence-corrected chi connectivity index (χ0v) is 13.3. The predicted molar refractivity (Wildman–Crippen MR) is 85.6 cm³/mol. The summed E-state index contributed by atoms with van der Waals surface area (Å²) in [6, 6.07) is 13.3. The first-order valence-electron chi connectivity index (χ1n) is 6.82. The van der Waals surface area contributed by atoms with Gasteiger partial charge in [0.05, 0.1) is 12.0 Å². The molecule has 0 unspecified atom stereocenters. The summed E-state index contributed by atoms with van der Waals surface area (Å²) in [5, 5.41) is 0.500. The highest BCUT2D eigenvalue weighted by atomic mass is 79.9. The molecule has 0 amide bonds. The number of nitrogens with one attached hydrogen (secondary N) is 1. The number of aromatic nitrogens is 1. The Labute approximate surface area is 138 Å². The van der Waals surface area contributed by atoms with E-state index >= 15 is 0 Å². The second-order valence-electron chi connectivity index (χ2n) is 5.15. The molecule has 3 rings (SSSR count). The van der Waals surface area contributed by atoms with Crippen molar-refractivity contribution >= 4 is 32.6 Å². The smallest absolute Gasteiger partial charge is 0.357 e. The number of hydrogen-bond donors (Lipinski definition) is 1. The Morgan fingerprint density at radius 2 is 1.70 bits per heavy atom. The third kappa shape index (κ3) is 3.32. The van der Waals surface area contributed by atoms with E-state index in [0.717, 1.165) is 4.47 Å². The predicted octanol–water partition coefficient (Wildman–Crippen LogP) is 5.27. The van der Waals surface area contributed by atoms with E-state index in [9.17, 15) is 18.0 Å². The average molecular weight is 382 g/mol. The molecule has 0 saturated carbocycles. The maximum atomic E-state index is 12.8. The van der Waals surface area contributed by atoms with Crippen molar-refractivity contribution in [2.45, 2.75) is 12.6 Å². The van der Waals surface area contributed by atoms with Gasteiger partial charge in [0.15, 0.2) is 5.78 Å². The molecule has 0 aliphatic heterocycles. The summed E-state index contributed by atoms with van der Waals surface area (Å²) in [4.78, 5) is 15.5. The van der Waals surface area contributed by atoms with Crippen LogP contribution in [0.15, 0.2) is 53.0 Å². The number of alkyl halides is 3. The second-order valence-corrected chi connectivity index (χ2v) is 6.07. The third-order valence-corrected chi connectivity index (χ3v) is 4.02. The van der Waals surface area contributed by atoms with Gasteiger partial charge in [0, 0.05) is 26.6 Å². The maximum Gasteiger partial charge on any atom is 0.394 e.